The molecule has 13 heavy (non-hydrogen) atoms. The Labute approximate surface area is 79.1 Å². The van der Waals surface area contributed by atoms with Gasteiger partial charge in [-0.2, -0.15) is 0 Å². The lowest BCUT2D eigenvalue weighted by Crippen LogP contribution is -2.27. The molecule has 0 saturated heterocycles. The highest BCUT2D eigenvalue weighted by molar-refractivity contribution is 7.91. The van der Waals surface area contributed by atoms with Gasteiger partial charge < -0.3 is 5.11 Å². The summed E-state index contributed by atoms with van der Waals surface area (Å²) >= 11 is 0. The fourth-order valence-corrected chi connectivity index (χ4v) is 4.91. The van der Waals surface area contributed by atoms with Gasteiger partial charge in [-0.15, -0.1) is 0 Å². The van der Waals surface area contributed by atoms with Crippen molar-refractivity contribution in [3.8, 4) is 0 Å². The predicted octanol–water partition coefficient (Wildman–Crippen LogP) is 0.582. The molecule has 3 nitrogen and oxygen atoms in total. The fourth-order valence-electron chi connectivity index (χ4n) is 3.05. The first-order valence-electron chi connectivity index (χ1n) is 4.80. The van der Waals surface area contributed by atoms with Gasteiger partial charge in [-0.3, -0.25) is 0 Å². The second-order valence-electron chi connectivity index (χ2n) is 4.53. The first kappa shape index (κ1) is 9.46. The largest absolute Gasteiger partial charge is 0.396 e. The first-order valence-corrected chi connectivity index (χ1v) is 6.76. The molecule has 2 fully saturated rings. The second kappa shape index (κ2) is 2.70. The van der Waals surface area contributed by atoms with Crippen molar-refractivity contribution in [3.05, 3.63) is 0 Å². The van der Waals surface area contributed by atoms with Crippen LogP contribution in [0.4, 0.5) is 0 Å². The van der Waals surface area contributed by atoms with E-state index in [1.165, 1.54) is 6.26 Å². The van der Waals surface area contributed by atoms with Gasteiger partial charge >= 0.3 is 0 Å². The molecule has 2 rings (SSSR count). The van der Waals surface area contributed by atoms with E-state index in [2.05, 4.69) is 0 Å². The summed E-state index contributed by atoms with van der Waals surface area (Å²) in [5.74, 6) is 0.259. The van der Waals surface area contributed by atoms with Gasteiger partial charge in [0, 0.05) is 12.9 Å². The smallest absolute Gasteiger partial charge is 0.150 e. The molecule has 1 N–H and O–H groups in total. The molecular weight excluding hydrogens is 188 g/mol. The average molecular weight is 204 g/mol. The summed E-state index contributed by atoms with van der Waals surface area (Å²) in [6.07, 6.45) is 5.05. The van der Waals surface area contributed by atoms with Crippen molar-refractivity contribution in [1.82, 2.24) is 0 Å². The Hall–Kier alpha value is -0.0900. The minimum Gasteiger partial charge on any atom is -0.396 e. The third-order valence-electron chi connectivity index (χ3n) is 3.77. The van der Waals surface area contributed by atoms with E-state index in [0.29, 0.717) is 0 Å². The van der Waals surface area contributed by atoms with Crippen molar-refractivity contribution in [1.29, 1.82) is 0 Å². The standard InChI is InChI=1S/C9H16O3S/c1-13(11,12)8-3-2-4-9(8)5-7(9)6-10/h7-8,10H,2-6H2,1H3. The van der Waals surface area contributed by atoms with E-state index in [1.54, 1.807) is 0 Å². The molecule has 0 aliphatic heterocycles. The molecule has 0 aromatic rings. The summed E-state index contributed by atoms with van der Waals surface area (Å²) in [5.41, 5.74) is -0.0255. The summed E-state index contributed by atoms with van der Waals surface area (Å²) in [6.45, 7) is 0.159. The van der Waals surface area contributed by atoms with E-state index >= 15 is 0 Å². The quantitative estimate of drug-likeness (QED) is 0.716. The molecular formula is C9H16O3S. The van der Waals surface area contributed by atoms with Crippen LogP contribution in [0.1, 0.15) is 25.7 Å². The maximum absolute atomic E-state index is 11.5. The molecule has 0 heterocycles. The highest BCUT2D eigenvalue weighted by Gasteiger charge is 2.63. The normalized spacial score (nSPS) is 44.2. The third kappa shape index (κ3) is 1.31. The Kier molecular flexibility index (Phi) is 1.97. The molecule has 2 saturated carbocycles. The molecule has 2 aliphatic rings. The van der Waals surface area contributed by atoms with E-state index in [4.69, 9.17) is 5.11 Å². The van der Waals surface area contributed by atoms with Crippen LogP contribution in [0.3, 0.4) is 0 Å². The molecule has 76 valence electrons. The minimum atomic E-state index is -2.90. The molecule has 0 radical (unpaired) electrons. The van der Waals surface area contributed by atoms with Crippen LogP contribution in [0.25, 0.3) is 0 Å². The zero-order valence-electron chi connectivity index (χ0n) is 7.86. The Bertz CT molecular complexity index is 309. The van der Waals surface area contributed by atoms with Crippen molar-refractivity contribution in [2.24, 2.45) is 11.3 Å². The Balaban J connectivity index is 2.23. The SMILES string of the molecule is CS(=O)(=O)C1CCCC12CC2CO. The Morgan fingerprint density at radius 2 is 2.23 bits per heavy atom. The molecule has 3 unspecified atom stereocenters. The molecule has 1 spiro atoms. The number of rotatable bonds is 2. The lowest BCUT2D eigenvalue weighted by molar-refractivity contribution is 0.250. The lowest BCUT2D eigenvalue weighted by Gasteiger charge is -2.17. The van der Waals surface area contributed by atoms with Crippen LogP contribution in [0.5, 0.6) is 0 Å². The van der Waals surface area contributed by atoms with Gasteiger partial charge in [-0.05, 0) is 30.6 Å². The van der Waals surface area contributed by atoms with Crippen LogP contribution in [0.2, 0.25) is 0 Å². The van der Waals surface area contributed by atoms with Gasteiger partial charge in [0.1, 0.15) is 0 Å². The fraction of sp³-hybridized carbons (Fsp3) is 1.00. The predicted molar refractivity (Wildman–Crippen MR) is 50.1 cm³/mol. The zero-order chi connectivity index (χ0) is 9.69. The minimum absolute atomic E-state index is 0.0255. The molecule has 0 aromatic heterocycles. The van der Waals surface area contributed by atoms with Gasteiger partial charge in [-0.25, -0.2) is 8.42 Å². The lowest BCUT2D eigenvalue weighted by atomic mass is 10.0. The summed E-state index contributed by atoms with van der Waals surface area (Å²) in [6, 6.07) is 0. The third-order valence-corrected chi connectivity index (χ3v) is 5.51. The summed E-state index contributed by atoms with van der Waals surface area (Å²) in [5, 5.41) is 8.85. The van der Waals surface area contributed by atoms with Gasteiger partial charge in [0.25, 0.3) is 0 Å². The van der Waals surface area contributed by atoms with Crippen molar-refractivity contribution in [3.63, 3.8) is 0 Å². The van der Waals surface area contributed by atoms with Crippen molar-refractivity contribution in [2.45, 2.75) is 30.9 Å². The van der Waals surface area contributed by atoms with Gasteiger partial charge in [0.05, 0.1) is 5.25 Å². The van der Waals surface area contributed by atoms with Gasteiger partial charge in [0.15, 0.2) is 9.84 Å². The monoisotopic (exact) mass is 204 g/mol. The van der Waals surface area contributed by atoms with Crippen LogP contribution < -0.4 is 0 Å². The number of aliphatic hydroxyl groups excluding tert-OH is 1. The van der Waals surface area contributed by atoms with Crippen LogP contribution in [-0.4, -0.2) is 31.6 Å². The van der Waals surface area contributed by atoms with Gasteiger partial charge in [0.2, 0.25) is 0 Å². The average Bonchev–Trinajstić information content (AvgIpc) is 2.49. The number of aliphatic hydroxyl groups is 1. The van der Waals surface area contributed by atoms with E-state index in [0.717, 1.165) is 25.7 Å². The summed E-state index contributed by atoms with van der Waals surface area (Å²) < 4.78 is 22.9. The zero-order valence-corrected chi connectivity index (χ0v) is 8.68. The first-order chi connectivity index (χ1) is 6.00. The van der Waals surface area contributed by atoms with Crippen LogP contribution in [0, 0.1) is 11.3 Å². The second-order valence-corrected chi connectivity index (χ2v) is 6.76. The van der Waals surface area contributed by atoms with E-state index < -0.39 is 9.84 Å². The van der Waals surface area contributed by atoms with Crippen molar-refractivity contribution in [2.75, 3.05) is 12.9 Å². The van der Waals surface area contributed by atoms with E-state index in [-0.39, 0.29) is 23.2 Å². The van der Waals surface area contributed by atoms with Gasteiger partial charge in [-0.1, -0.05) is 6.42 Å². The van der Waals surface area contributed by atoms with E-state index in [1.807, 2.05) is 0 Å². The molecule has 4 heteroatoms. The summed E-state index contributed by atoms with van der Waals surface area (Å²) in [4.78, 5) is 0. The maximum atomic E-state index is 11.5. The molecule has 2 aliphatic carbocycles. The van der Waals surface area contributed by atoms with Crippen molar-refractivity contribution < 1.29 is 13.5 Å². The topological polar surface area (TPSA) is 54.4 Å². The maximum Gasteiger partial charge on any atom is 0.150 e. The highest BCUT2D eigenvalue weighted by Crippen LogP contribution is 2.64. The highest BCUT2D eigenvalue weighted by atomic mass is 32.2. The summed E-state index contributed by atoms with van der Waals surface area (Å²) in [7, 11) is -2.90. The Morgan fingerprint density at radius 3 is 2.69 bits per heavy atom. The van der Waals surface area contributed by atoms with Crippen LogP contribution in [-0.2, 0) is 9.84 Å². The number of sulfone groups is 1. The number of hydrogen-bond donors (Lipinski definition) is 1. The molecule has 3 atom stereocenters. The Morgan fingerprint density at radius 1 is 1.54 bits per heavy atom. The van der Waals surface area contributed by atoms with Crippen LogP contribution >= 0.6 is 0 Å². The van der Waals surface area contributed by atoms with Crippen LogP contribution in [0.15, 0.2) is 0 Å². The molecule has 0 bridgehead atoms. The van der Waals surface area contributed by atoms with E-state index in [9.17, 15) is 8.42 Å². The van der Waals surface area contributed by atoms with Crippen molar-refractivity contribution >= 4 is 9.84 Å². The number of hydrogen-bond acceptors (Lipinski definition) is 3. The molecule has 0 aromatic carbocycles. The molecule has 0 amide bonds.